The monoisotopic (exact) mass is 265 g/mol. The molecule has 2 aromatic rings. The number of nitrogens with one attached hydrogen (secondary N) is 1. The van der Waals surface area contributed by atoms with Crippen molar-refractivity contribution in [1.82, 2.24) is 4.98 Å². The summed E-state index contributed by atoms with van der Waals surface area (Å²) >= 11 is 5.97. The molecule has 1 heterocycles. The van der Waals surface area contributed by atoms with Crippen molar-refractivity contribution in [3.63, 3.8) is 0 Å². The Hall–Kier alpha value is -1.81. The van der Waals surface area contributed by atoms with Crippen LogP contribution < -0.4 is 11.1 Å². The quantitative estimate of drug-likeness (QED) is 0.893. The van der Waals surface area contributed by atoms with Gasteiger partial charge in [0.2, 0.25) is 0 Å². The van der Waals surface area contributed by atoms with Crippen molar-refractivity contribution >= 4 is 23.1 Å². The van der Waals surface area contributed by atoms with Gasteiger partial charge in [-0.25, -0.2) is 9.37 Å². The summed E-state index contributed by atoms with van der Waals surface area (Å²) in [4.78, 5) is 4.08. The first kappa shape index (κ1) is 12.6. The van der Waals surface area contributed by atoms with Crippen LogP contribution in [-0.2, 0) is 6.42 Å². The van der Waals surface area contributed by atoms with Crippen molar-refractivity contribution < 1.29 is 4.39 Å². The van der Waals surface area contributed by atoms with Gasteiger partial charge >= 0.3 is 0 Å². The summed E-state index contributed by atoms with van der Waals surface area (Å²) in [5.41, 5.74) is 7.00. The Balaban J connectivity index is 1.92. The molecule has 2 rings (SSSR count). The van der Waals surface area contributed by atoms with Crippen LogP contribution in [0.4, 0.5) is 15.9 Å². The van der Waals surface area contributed by atoms with E-state index in [9.17, 15) is 4.39 Å². The van der Waals surface area contributed by atoms with Gasteiger partial charge in [-0.1, -0.05) is 23.7 Å². The lowest BCUT2D eigenvalue weighted by atomic mass is 10.1. The maximum absolute atomic E-state index is 13.0. The number of aromatic nitrogens is 1. The lowest BCUT2D eigenvalue weighted by Crippen LogP contribution is -2.07. The number of nitrogens with two attached hydrogens (primary N) is 1. The van der Waals surface area contributed by atoms with Gasteiger partial charge in [-0.15, -0.1) is 0 Å². The molecule has 0 amide bonds. The second-order valence-corrected chi connectivity index (χ2v) is 4.31. The highest BCUT2D eigenvalue weighted by Crippen LogP contribution is 2.20. The molecule has 3 N–H and O–H groups in total. The van der Waals surface area contributed by atoms with Crippen LogP contribution in [-0.4, -0.2) is 11.5 Å². The van der Waals surface area contributed by atoms with Crippen molar-refractivity contribution in [2.24, 2.45) is 0 Å². The Morgan fingerprint density at radius 1 is 1.33 bits per heavy atom. The molecule has 0 unspecified atom stereocenters. The molecule has 0 aliphatic carbocycles. The van der Waals surface area contributed by atoms with E-state index in [0.717, 1.165) is 5.56 Å². The Kier molecular flexibility index (Phi) is 3.99. The Morgan fingerprint density at radius 3 is 2.89 bits per heavy atom. The van der Waals surface area contributed by atoms with E-state index < -0.39 is 0 Å². The standard InChI is InChI=1S/C13H13ClFN3/c14-12-7-11(16)8-18-13(12)17-5-4-9-2-1-3-10(15)6-9/h1-3,6-8H,4-5,16H2,(H,17,18). The van der Waals surface area contributed by atoms with E-state index in [-0.39, 0.29) is 5.82 Å². The van der Waals surface area contributed by atoms with Crippen LogP contribution in [0.5, 0.6) is 0 Å². The molecule has 1 aromatic carbocycles. The Labute approximate surface area is 110 Å². The number of hydrogen-bond acceptors (Lipinski definition) is 3. The summed E-state index contributed by atoms with van der Waals surface area (Å²) in [6.07, 6.45) is 2.23. The maximum atomic E-state index is 13.0. The predicted octanol–water partition coefficient (Wildman–Crippen LogP) is 3.11. The van der Waals surface area contributed by atoms with Gasteiger partial charge in [0.1, 0.15) is 11.6 Å². The van der Waals surface area contributed by atoms with Crippen LogP contribution in [0.3, 0.4) is 0 Å². The van der Waals surface area contributed by atoms with Crippen LogP contribution in [0.15, 0.2) is 36.5 Å². The number of benzene rings is 1. The van der Waals surface area contributed by atoms with E-state index in [0.29, 0.717) is 29.5 Å². The van der Waals surface area contributed by atoms with E-state index in [2.05, 4.69) is 10.3 Å². The van der Waals surface area contributed by atoms with Crippen LogP contribution >= 0.6 is 11.6 Å². The molecule has 3 nitrogen and oxygen atoms in total. The number of halogens is 2. The fourth-order valence-corrected chi connectivity index (χ4v) is 1.84. The molecule has 0 radical (unpaired) electrons. The van der Waals surface area contributed by atoms with E-state index >= 15 is 0 Å². The second-order valence-electron chi connectivity index (χ2n) is 3.91. The highest BCUT2D eigenvalue weighted by Gasteiger charge is 2.02. The molecule has 18 heavy (non-hydrogen) atoms. The third-order valence-corrected chi connectivity index (χ3v) is 2.75. The van der Waals surface area contributed by atoms with Crippen LogP contribution in [0.2, 0.25) is 5.02 Å². The lowest BCUT2D eigenvalue weighted by Gasteiger charge is -2.07. The SMILES string of the molecule is Nc1cnc(NCCc2cccc(F)c2)c(Cl)c1. The molecular weight excluding hydrogens is 253 g/mol. The van der Waals surface area contributed by atoms with Gasteiger partial charge in [0, 0.05) is 6.54 Å². The highest BCUT2D eigenvalue weighted by molar-refractivity contribution is 6.33. The molecule has 0 atom stereocenters. The average molecular weight is 266 g/mol. The van der Waals surface area contributed by atoms with Crippen LogP contribution in [0.25, 0.3) is 0 Å². The number of hydrogen-bond donors (Lipinski definition) is 2. The van der Waals surface area contributed by atoms with Crippen LogP contribution in [0, 0.1) is 5.82 Å². The van der Waals surface area contributed by atoms with Crippen molar-refractivity contribution in [2.45, 2.75) is 6.42 Å². The van der Waals surface area contributed by atoms with E-state index in [4.69, 9.17) is 17.3 Å². The van der Waals surface area contributed by atoms with Gasteiger partial charge in [-0.3, -0.25) is 0 Å². The summed E-state index contributed by atoms with van der Waals surface area (Å²) < 4.78 is 13.0. The number of pyridine rings is 1. The molecule has 0 saturated carbocycles. The van der Waals surface area contributed by atoms with Crippen molar-refractivity contribution in [1.29, 1.82) is 0 Å². The zero-order valence-electron chi connectivity index (χ0n) is 9.66. The summed E-state index contributed by atoms with van der Waals surface area (Å²) in [5, 5.41) is 3.57. The van der Waals surface area contributed by atoms with Gasteiger partial charge in [-0.2, -0.15) is 0 Å². The Morgan fingerprint density at radius 2 is 2.17 bits per heavy atom. The average Bonchev–Trinajstić information content (AvgIpc) is 2.32. The summed E-state index contributed by atoms with van der Waals surface area (Å²) in [6.45, 7) is 0.625. The minimum absolute atomic E-state index is 0.226. The molecule has 0 aliphatic rings. The molecule has 94 valence electrons. The van der Waals surface area contributed by atoms with Crippen molar-refractivity contribution in [2.75, 3.05) is 17.6 Å². The van der Waals surface area contributed by atoms with E-state index in [1.807, 2.05) is 6.07 Å². The summed E-state index contributed by atoms with van der Waals surface area (Å²) in [6, 6.07) is 8.15. The third-order valence-electron chi connectivity index (χ3n) is 2.46. The summed E-state index contributed by atoms with van der Waals surface area (Å²) in [7, 11) is 0. The number of rotatable bonds is 4. The first-order chi connectivity index (χ1) is 8.65. The van der Waals surface area contributed by atoms with Gasteiger partial charge in [0.25, 0.3) is 0 Å². The zero-order chi connectivity index (χ0) is 13.0. The number of nitrogen functional groups attached to an aromatic ring is 1. The summed E-state index contributed by atoms with van der Waals surface area (Å²) in [5.74, 6) is 0.360. The minimum Gasteiger partial charge on any atom is -0.397 e. The molecule has 0 bridgehead atoms. The number of anilines is 2. The lowest BCUT2D eigenvalue weighted by molar-refractivity contribution is 0.625. The van der Waals surface area contributed by atoms with Crippen molar-refractivity contribution in [3.8, 4) is 0 Å². The first-order valence-corrected chi connectivity index (χ1v) is 5.92. The molecular formula is C13H13ClFN3. The van der Waals surface area contributed by atoms with Gasteiger partial charge in [-0.05, 0) is 30.2 Å². The fourth-order valence-electron chi connectivity index (χ4n) is 1.60. The second kappa shape index (κ2) is 5.69. The highest BCUT2D eigenvalue weighted by atomic mass is 35.5. The first-order valence-electron chi connectivity index (χ1n) is 5.54. The van der Waals surface area contributed by atoms with Gasteiger partial charge in [0.15, 0.2) is 0 Å². The van der Waals surface area contributed by atoms with Gasteiger partial charge in [0.05, 0.1) is 16.9 Å². The van der Waals surface area contributed by atoms with Crippen molar-refractivity contribution in [3.05, 3.63) is 52.9 Å². The van der Waals surface area contributed by atoms with E-state index in [1.165, 1.54) is 18.3 Å². The molecule has 0 fully saturated rings. The third kappa shape index (κ3) is 3.34. The largest absolute Gasteiger partial charge is 0.397 e. The normalized spacial score (nSPS) is 10.3. The molecule has 5 heteroatoms. The Bertz CT molecular complexity index is 546. The topological polar surface area (TPSA) is 50.9 Å². The molecule has 0 saturated heterocycles. The van der Waals surface area contributed by atoms with E-state index in [1.54, 1.807) is 12.1 Å². The molecule has 0 spiro atoms. The fraction of sp³-hybridized carbons (Fsp3) is 0.154. The smallest absolute Gasteiger partial charge is 0.144 e. The predicted molar refractivity (Wildman–Crippen MR) is 72.3 cm³/mol. The number of nitrogens with zero attached hydrogens (tertiary/aromatic N) is 1. The van der Waals surface area contributed by atoms with Crippen LogP contribution in [0.1, 0.15) is 5.56 Å². The molecule has 0 aliphatic heterocycles. The minimum atomic E-state index is -0.226. The zero-order valence-corrected chi connectivity index (χ0v) is 10.4. The maximum Gasteiger partial charge on any atom is 0.144 e. The molecule has 1 aromatic heterocycles. The van der Waals surface area contributed by atoms with Gasteiger partial charge < -0.3 is 11.1 Å².